The van der Waals surface area contributed by atoms with Crippen LogP contribution < -0.4 is 15.2 Å². The Hall–Kier alpha value is -1.69. The van der Waals surface area contributed by atoms with E-state index in [9.17, 15) is 8.42 Å². The van der Waals surface area contributed by atoms with Crippen LogP contribution in [-0.4, -0.2) is 40.5 Å². The van der Waals surface area contributed by atoms with Gasteiger partial charge in [-0.25, -0.2) is 10.1 Å². The van der Waals surface area contributed by atoms with Gasteiger partial charge in [0.15, 0.2) is 8.32 Å². The molecule has 2 aromatic rings. The first-order chi connectivity index (χ1) is 17.9. The molecule has 0 radical (unpaired) electrons. The summed E-state index contributed by atoms with van der Waals surface area (Å²) in [5.74, 6) is 1.29. The summed E-state index contributed by atoms with van der Waals surface area (Å²) in [5, 5.41) is 9.47. The van der Waals surface area contributed by atoms with E-state index in [2.05, 4.69) is 70.1 Å². The zero-order valence-electron chi connectivity index (χ0n) is 24.0. The zero-order chi connectivity index (χ0) is 28.8. The van der Waals surface area contributed by atoms with Gasteiger partial charge in [-0.05, 0) is 65.7 Å². The molecule has 1 saturated carbocycles. The van der Waals surface area contributed by atoms with Crippen LogP contribution in [-0.2, 0) is 24.3 Å². The van der Waals surface area contributed by atoms with E-state index in [4.69, 9.17) is 30.1 Å². The van der Waals surface area contributed by atoms with Gasteiger partial charge in [0, 0.05) is 29.6 Å². The highest BCUT2D eigenvalue weighted by Crippen LogP contribution is 2.47. The third-order valence-corrected chi connectivity index (χ3v) is 13.7. The first-order valence-electron chi connectivity index (χ1n) is 13.5. The summed E-state index contributed by atoms with van der Waals surface area (Å²) >= 11 is 6.28. The molecular weight excluding hydrogens is 554 g/mol. The number of hydrogen-bond donors (Lipinski definition) is 2. The van der Waals surface area contributed by atoms with Crippen LogP contribution in [0.4, 0.5) is 5.82 Å². The predicted molar refractivity (Wildman–Crippen MR) is 158 cm³/mol. The topological polar surface area (TPSA) is 113 Å². The number of pyridine rings is 1. The molecule has 1 fully saturated rings. The standard InChI is InChI=1S/C28H42ClN3O5SSi/c1-27(2,3)39(6,7)37-25-14-21(12-18(25)17-35-38(30,33)34)36-20-10-11-31-26(15-20)32-24-16-28(4,5)23-13-19(29)8-9-22(23)24/h8-11,13,15,18,21,24-25H,12,14,16-17H2,1-7H3,(H,31,32)(H2,30,33,34)/t18-,21+,24-,25-/m0/s1. The lowest BCUT2D eigenvalue weighted by Gasteiger charge is -2.39. The molecule has 11 heteroatoms. The highest BCUT2D eigenvalue weighted by Gasteiger charge is 2.45. The van der Waals surface area contributed by atoms with Crippen molar-refractivity contribution in [2.45, 2.75) is 95.7 Å². The minimum atomic E-state index is -4.04. The molecule has 0 unspecified atom stereocenters. The first-order valence-corrected chi connectivity index (χ1v) is 18.2. The van der Waals surface area contributed by atoms with Gasteiger partial charge >= 0.3 is 10.3 Å². The predicted octanol–water partition coefficient (Wildman–Crippen LogP) is 6.34. The molecule has 0 saturated heterocycles. The third-order valence-electron chi connectivity index (χ3n) is 8.48. The Kier molecular flexibility index (Phi) is 8.49. The fraction of sp³-hybridized carbons (Fsp3) is 0.607. The first kappa shape index (κ1) is 30.3. The molecule has 0 spiro atoms. The quantitative estimate of drug-likeness (QED) is 0.325. The van der Waals surface area contributed by atoms with Crippen LogP contribution in [0.5, 0.6) is 5.75 Å². The van der Waals surface area contributed by atoms with Crippen molar-refractivity contribution >= 4 is 36.0 Å². The van der Waals surface area contributed by atoms with Gasteiger partial charge < -0.3 is 14.5 Å². The molecule has 0 aliphatic heterocycles. The highest BCUT2D eigenvalue weighted by molar-refractivity contribution is 7.84. The van der Waals surface area contributed by atoms with E-state index >= 15 is 0 Å². The van der Waals surface area contributed by atoms with E-state index in [1.54, 1.807) is 6.20 Å². The van der Waals surface area contributed by atoms with Crippen LogP contribution in [0.3, 0.4) is 0 Å². The number of rotatable bonds is 9. The maximum atomic E-state index is 11.5. The number of halogens is 1. The summed E-state index contributed by atoms with van der Waals surface area (Å²) in [5.41, 5.74) is 2.49. The van der Waals surface area contributed by atoms with E-state index in [0.717, 1.165) is 17.3 Å². The van der Waals surface area contributed by atoms with Crippen molar-refractivity contribution in [2.75, 3.05) is 11.9 Å². The highest BCUT2D eigenvalue weighted by atomic mass is 35.5. The monoisotopic (exact) mass is 595 g/mol. The van der Waals surface area contributed by atoms with E-state index < -0.39 is 18.6 Å². The van der Waals surface area contributed by atoms with Crippen LogP contribution in [0.15, 0.2) is 36.5 Å². The summed E-state index contributed by atoms with van der Waals surface area (Å²) in [6.45, 7) is 15.4. The Morgan fingerprint density at radius 1 is 1.18 bits per heavy atom. The molecule has 0 amide bonds. The molecule has 1 aromatic heterocycles. The Morgan fingerprint density at radius 3 is 2.56 bits per heavy atom. The van der Waals surface area contributed by atoms with Crippen LogP contribution >= 0.6 is 11.6 Å². The molecule has 39 heavy (non-hydrogen) atoms. The summed E-state index contributed by atoms with van der Waals surface area (Å²) in [4.78, 5) is 4.54. The normalized spacial score (nSPS) is 24.9. The van der Waals surface area contributed by atoms with E-state index in [1.165, 1.54) is 11.1 Å². The third kappa shape index (κ3) is 7.34. The van der Waals surface area contributed by atoms with Crippen LogP contribution in [0.2, 0.25) is 23.2 Å². The molecule has 1 aromatic carbocycles. The van der Waals surface area contributed by atoms with Gasteiger partial charge in [0.1, 0.15) is 17.7 Å². The van der Waals surface area contributed by atoms with Crippen LogP contribution in [0.25, 0.3) is 0 Å². The van der Waals surface area contributed by atoms with Crippen molar-refractivity contribution in [1.82, 2.24) is 4.98 Å². The minimum Gasteiger partial charge on any atom is -0.490 e. The number of hydrogen-bond acceptors (Lipinski definition) is 7. The zero-order valence-corrected chi connectivity index (χ0v) is 26.5. The number of benzene rings is 1. The van der Waals surface area contributed by atoms with Crippen molar-refractivity contribution in [1.29, 1.82) is 0 Å². The Balaban J connectivity index is 1.47. The Morgan fingerprint density at radius 2 is 1.90 bits per heavy atom. The van der Waals surface area contributed by atoms with Gasteiger partial charge in [-0.1, -0.05) is 52.3 Å². The second kappa shape index (κ2) is 10.9. The van der Waals surface area contributed by atoms with Crippen LogP contribution in [0.1, 0.15) is 71.0 Å². The number of ether oxygens (including phenoxy) is 1. The minimum absolute atomic E-state index is 0.00308. The largest absolute Gasteiger partial charge is 0.490 e. The van der Waals surface area contributed by atoms with Crippen molar-refractivity contribution < 1.29 is 21.8 Å². The molecule has 4 rings (SSSR count). The lowest BCUT2D eigenvalue weighted by atomic mass is 9.86. The average Bonchev–Trinajstić information content (AvgIpc) is 3.27. The second-order valence-corrected chi connectivity index (χ2v) is 19.5. The summed E-state index contributed by atoms with van der Waals surface area (Å²) in [6.07, 6.45) is 3.57. The molecule has 0 bridgehead atoms. The molecule has 2 aliphatic rings. The van der Waals surface area contributed by atoms with Crippen molar-refractivity contribution in [2.24, 2.45) is 11.1 Å². The molecule has 216 valence electrons. The summed E-state index contributed by atoms with van der Waals surface area (Å²) in [6, 6.07) is 9.96. The van der Waals surface area contributed by atoms with Crippen molar-refractivity contribution in [3.63, 3.8) is 0 Å². The fourth-order valence-corrected chi connectivity index (χ4v) is 7.34. The smallest absolute Gasteiger partial charge is 0.333 e. The number of aromatic nitrogens is 1. The van der Waals surface area contributed by atoms with E-state index in [0.29, 0.717) is 18.6 Å². The van der Waals surface area contributed by atoms with E-state index in [-0.39, 0.29) is 41.2 Å². The fourth-order valence-electron chi connectivity index (χ4n) is 5.40. The van der Waals surface area contributed by atoms with Gasteiger partial charge in [-0.2, -0.15) is 8.42 Å². The number of nitrogens with two attached hydrogens (primary N) is 1. The van der Waals surface area contributed by atoms with Gasteiger partial charge in [0.25, 0.3) is 0 Å². The van der Waals surface area contributed by atoms with Gasteiger partial charge in [0.2, 0.25) is 0 Å². The number of fused-ring (bicyclic) bond motifs is 1. The molecule has 3 N–H and O–H groups in total. The molecule has 4 atom stereocenters. The SMILES string of the molecule is CC1(C)C[C@H](Nc2cc(O[C@@H]3C[C@@H](COS(N)(=O)=O)[C@@H](O[Si](C)(C)C(C)(C)C)C3)ccn2)c2ccc(Cl)cc21. The van der Waals surface area contributed by atoms with Gasteiger partial charge in [-0.3, -0.25) is 4.18 Å². The van der Waals surface area contributed by atoms with Gasteiger partial charge in [-0.15, -0.1) is 0 Å². The van der Waals surface area contributed by atoms with Gasteiger partial charge in [0.05, 0.1) is 18.8 Å². The summed E-state index contributed by atoms with van der Waals surface area (Å²) < 4.78 is 41.1. The number of nitrogens with zero attached hydrogens (tertiary/aromatic N) is 1. The molecule has 8 nitrogen and oxygen atoms in total. The molecule has 2 aliphatic carbocycles. The lowest BCUT2D eigenvalue weighted by Crippen LogP contribution is -2.45. The Bertz CT molecular complexity index is 1300. The lowest BCUT2D eigenvalue weighted by molar-refractivity contribution is 0.106. The van der Waals surface area contributed by atoms with E-state index in [1.807, 2.05) is 18.2 Å². The molecular formula is C28H42ClN3O5SSi. The maximum absolute atomic E-state index is 11.5. The van der Waals surface area contributed by atoms with Crippen molar-refractivity contribution in [3.05, 3.63) is 52.7 Å². The maximum Gasteiger partial charge on any atom is 0.333 e. The number of anilines is 1. The average molecular weight is 596 g/mol. The molecule has 1 heterocycles. The summed E-state index contributed by atoms with van der Waals surface area (Å²) in [7, 11) is -6.14. The van der Waals surface area contributed by atoms with Crippen molar-refractivity contribution in [3.8, 4) is 5.75 Å². The van der Waals surface area contributed by atoms with Crippen LogP contribution in [0, 0.1) is 5.92 Å². The Labute approximate surface area is 239 Å². The number of nitrogens with one attached hydrogen (secondary N) is 1. The second-order valence-electron chi connectivity index (χ2n) is 13.1.